The molecule has 1 amide bonds. The van der Waals surface area contributed by atoms with Crippen molar-refractivity contribution in [3.8, 4) is 5.88 Å². The number of carbonyl (C=O) groups excluding carboxylic acids is 1. The van der Waals surface area contributed by atoms with E-state index in [-0.39, 0.29) is 29.3 Å². The van der Waals surface area contributed by atoms with E-state index in [9.17, 15) is 23.3 Å². The fourth-order valence-electron chi connectivity index (χ4n) is 8.99. The molecule has 2 fully saturated rings. The molecule has 4 aliphatic rings. The smallest absolute Gasteiger partial charge is 0.293 e. The number of rotatable bonds is 12. The lowest BCUT2D eigenvalue weighted by Crippen LogP contribution is -2.47. The molecule has 0 spiro atoms. The van der Waals surface area contributed by atoms with Gasteiger partial charge in [-0.2, -0.15) is 4.98 Å². The molecular weight excluding hydrogens is 839 g/mol. The second-order valence-electron chi connectivity index (χ2n) is 17.5. The van der Waals surface area contributed by atoms with E-state index in [1.165, 1.54) is 23.3 Å². The molecule has 0 unspecified atom stereocenters. The van der Waals surface area contributed by atoms with Crippen molar-refractivity contribution in [1.29, 1.82) is 0 Å². The number of hydrogen-bond donors (Lipinski definition) is 3. The number of benzene rings is 2. The predicted molar refractivity (Wildman–Crippen MR) is 244 cm³/mol. The van der Waals surface area contributed by atoms with Crippen molar-refractivity contribution in [2.24, 2.45) is 5.41 Å². The summed E-state index contributed by atoms with van der Waals surface area (Å²) >= 11 is 0. The van der Waals surface area contributed by atoms with Gasteiger partial charge in [0.25, 0.3) is 21.6 Å². The minimum atomic E-state index is -4.59. The van der Waals surface area contributed by atoms with Gasteiger partial charge >= 0.3 is 0 Å². The van der Waals surface area contributed by atoms with Crippen LogP contribution in [0.4, 0.5) is 28.4 Å². The lowest BCUT2D eigenvalue weighted by atomic mass is 9.73. The van der Waals surface area contributed by atoms with Crippen LogP contribution in [0.25, 0.3) is 16.6 Å². The Kier molecular flexibility index (Phi) is 12.3. The van der Waals surface area contributed by atoms with Crippen LogP contribution in [-0.2, 0) is 19.5 Å². The van der Waals surface area contributed by atoms with Crippen LogP contribution in [0.1, 0.15) is 55.6 Å². The average Bonchev–Trinajstić information content (AvgIpc) is 3.66. The number of carbonyl (C=O) groups is 1. The van der Waals surface area contributed by atoms with E-state index in [1.54, 1.807) is 12.3 Å². The molecule has 0 bridgehead atoms. The van der Waals surface area contributed by atoms with Gasteiger partial charge in [0, 0.05) is 75.3 Å². The quantitative estimate of drug-likeness (QED) is 0.0904. The molecule has 6 heterocycles. The van der Waals surface area contributed by atoms with Gasteiger partial charge in [0.05, 0.1) is 59.3 Å². The van der Waals surface area contributed by atoms with Crippen molar-refractivity contribution in [3.63, 3.8) is 0 Å². The number of nitro benzene ring substituents is 1. The Morgan fingerprint density at radius 1 is 1.00 bits per heavy atom. The third kappa shape index (κ3) is 9.40. The molecule has 2 saturated heterocycles. The monoisotopic (exact) mass is 891 g/mol. The number of aromatic nitrogens is 3. The highest BCUT2D eigenvalue weighted by atomic mass is 32.2. The van der Waals surface area contributed by atoms with E-state index in [0.717, 1.165) is 74.8 Å². The summed E-state index contributed by atoms with van der Waals surface area (Å²) in [6.07, 6.45) is 7.11. The second-order valence-corrected chi connectivity index (χ2v) is 19.2. The Labute approximate surface area is 372 Å². The Morgan fingerprint density at radius 2 is 1.86 bits per heavy atom. The lowest BCUT2D eigenvalue weighted by Gasteiger charge is -2.39. The van der Waals surface area contributed by atoms with Crippen molar-refractivity contribution < 1.29 is 32.3 Å². The summed E-state index contributed by atoms with van der Waals surface area (Å²) in [5, 5.41) is 16.0. The summed E-state index contributed by atoms with van der Waals surface area (Å²) in [6, 6.07) is 18.9. The zero-order valence-corrected chi connectivity index (χ0v) is 36.9. The molecule has 1 atom stereocenters. The summed E-state index contributed by atoms with van der Waals surface area (Å²) in [6.45, 7) is 11.0. The number of nitrogens with one attached hydrogen (secondary N) is 3. The van der Waals surface area contributed by atoms with Crippen molar-refractivity contribution >= 4 is 61.0 Å². The van der Waals surface area contributed by atoms with Gasteiger partial charge in [0.2, 0.25) is 5.88 Å². The molecule has 2 aromatic carbocycles. The van der Waals surface area contributed by atoms with Crippen molar-refractivity contribution in [1.82, 2.24) is 24.6 Å². The highest BCUT2D eigenvalue weighted by Gasteiger charge is 2.32. The molecular formula is C46H53N9O8S. The first-order valence-corrected chi connectivity index (χ1v) is 23.3. The first kappa shape index (κ1) is 43.2. The van der Waals surface area contributed by atoms with E-state index in [0.29, 0.717) is 62.3 Å². The lowest BCUT2D eigenvalue weighted by molar-refractivity contribution is -0.384. The predicted octanol–water partition coefficient (Wildman–Crippen LogP) is 6.52. The molecule has 1 aliphatic carbocycles. The minimum absolute atomic E-state index is 0.102. The SMILES string of the molecule is CC1(C)CCC(CN2CCN(c3ccc(C(=O)NS(=O)(=O)c4ccc(NC[C@H]5COCCO5)c([N+](=O)[O-])c4)c(N4CCCOc5nc6[nH]ccc6cc54)c3)CC2)=C(c2ccccn2)C1. The van der Waals surface area contributed by atoms with Crippen LogP contribution in [0.5, 0.6) is 5.88 Å². The number of H-pyrrole nitrogens is 1. The zero-order valence-electron chi connectivity index (χ0n) is 36.0. The van der Waals surface area contributed by atoms with Gasteiger partial charge in [-0.25, -0.2) is 13.1 Å². The summed E-state index contributed by atoms with van der Waals surface area (Å²) in [7, 11) is -4.59. The zero-order chi connectivity index (χ0) is 44.4. The average molecular weight is 892 g/mol. The van der Waals surface area contributed by atoms with Gasteiger partial charge in [-0.1, -0.05) is 25.5 Å². The first-order valence-electron chi connectivity index (χ1n) is 21.8. The third-order valence-electron chi connectivity index (χ3n) is 12.5. The maximum absolute atomic E-state index is 14.3. The summed E-state index contributed by atoms with van der Waals surface area (Å²) < 4.78 is 47.2. The Morgan fingerprint density at radius 3 is 2.64 bits per heavy atom. The van der Waals surface area contributed by atoms with Crippen LogP contribution >= 0.6 is 0 Å². The van der Waals surface area contributed by atoms with Gasteiger partial charge in [-0.3, -0.25) is 24.8 Å². The van der Waals surface area contributed by atoms with E-state index < -0.39 is 31.4 Å². The largest absolute Gasteiger partial charge is 0.476 e. The van der Waals surface area contributed by atoms with Crippen LogP contribution in [0.3, 0.4) is 0 Å². The number of nitrogens with zero attached hydrogens (tertiary/aromatic N) is 6. The van der Waals surface area contributed by atoms with Crippen LogP contribution in [0.15, 0.2) is 89.6 Å². The van der Waals surface area contributed by atoms with Gasteiger partial charge in [-0.05, 0) is 91.3 Å². The van der Waals surface area contributed by atoms with Crippen molar-refractivity contribution in [2.45, 2.75) is 50.5 Å². The molecule has 5 aromatic rings. The van der Waals surface area contributed by atoms with E-state index in [1.807, 2.05) is 41.4 Å². The second kappa shape index (κ2) is 18.2. The number of amides is 1. The van der Waals surface area contributed by atoms with Crippen molar-refractivity contribution in [2.75, 3.05) is 87.4 Å². The summed E-state index contributed by atoms with van der Waals surface area (Å²) in [5.41, 5.74) is 6.49. The molecule has 3 aliphatic heterocycles. The molecule has 0 saturated carbocycles. The fraction of sp³-hybridized carbons (Fsp3) is 0.413. The normalized spacial score (nSPS) is 19.4. The Balaban J connectivity index is 0.988. The third-order valence-corrected chi connectivity index (χ3v) is 13.8. The maximum atomic E-state index is 14.3. The number of pyridine rings is 2. The Hall–Kier alpha value is -6.08. The molecule has 9 rings (SSSR count). The molecule has 18 heteroatoms. The number of piperazine rings is 1. The maximum Gasteiger partial charge on any atom is 0.293 e. The Bertz CT molecular complexity index is 2680. The van der Waals surface area contributed by atoms with Crippen LogP contribution in [-0.4, -0.2) is 117 Å². The van der Waals surface area contributed by atoms with Gasteiger partial charge in [0.1, 0.15) is 17.0 Å². The number of aromatic amines is 1. The van der Waals surface area contributed by atoms with Crippen molar-refractivity contribution in [3.05, 3.63) is 106 Å². The van der Waals surface area contributed by atoms with Crippen LogP contribution in [0.2, 0.25) is 0 Å². The standard InChI is InChI=1S/C46H53N9O8S/c1-46(2)13-11-32(37(27-46)38-6-3-4-14-47-38)29-52-17-19-53(20-18-52)33-7-9-36(40(25-33)54-16-5-21-63-45-42(54)24-31-12-15-48-43(31)50-45)44(56)51-64(59,60)35-8-10-39(41(26-35)55(57)58)49-28-34-30-61-22-23-62-34/h3-4,6-10,12,14-15,24-26,34,49H,5,11,13,16-23,27-30H2,1-2H3,(H,48,50)(H,51,56)/t34-/m0/s1. The first-order chi connectivity index (χ1) is 30.9. The summed E-state index contributed by atoms with van der Waals surface area (Å²) in [5.74, 6) is -0.500. The van der Waals surface area contributed by atoms with Crippen LogP contribution < -0.4 is 24.6 Å². The van der Waals surface area contributed by atoms with E-state index in [2.05, 4.69) is 50.8 Å². The van der Waals surface area contributed by atoms with Gasteiger partial charge < -0.3 is 34.3 Å². The molecule has 3 N–H and O–H groups in total. The molecule has 336 valence electrons. The number of ether oxygens (including phenoxy) is 3. The number of nitro groups is 1. The molecule has 0 radical (unpaired) electrons. The number of allylic oxidation sites excluding steroid dienone is 1. The minimum Gasteiger partial charge on any atom is -0.476 e. The molecule has 17 nitrogen and oxygen atoms in total. The van der Waals surface area contributed by atoms with Crippen LogP contribution in [0, 0.1) is 15.5 Å². The molecule has 64 heavy (non-hydrogen) atoms. The number of hydrogen-bond acceptors (Lipinski definition) is 14. The van der Waals surface area contributed by atoms with Gasteiger partial charge in [0.15, 0.2) is 0 Å². The van der Waals surface area contributed by atoms with E-state index >= 15 is 0 Å². The van der Waals surface area contributed by atoms with Gasteiger partial charge in [-0.15, -0.1) is 0 Å². The number of anilines is 4. The topological polar surface area (TPSA) is 197 Å². The number of sulfonamides is 1. The number of fused-ring (bicyclic) bond motifs is 2. The fourth-order valence-corrected chi connectivity index (χ4v) is 9.98. The van der Waals surface area contributed by atoms with E-state index in [4.69, 9.17) is 24.2 Å². The highest BCUT2D eigenvalue weighted by Crippen LogP contribution is 2.43. The summed E-state index contributed by atoms with van der Waals surface area (Å²) in [4.78, 5) is 44.8. The molecule has 3 aromatic heterocycles. The highest BCUT2D eigenvalue weighted by molar-refractivity contribution is 7.90.